The molecule has 1 rings (SSSR count). The summed E-state index contributed by atoms with van der Waals surface area (Å²) in [5, 5.41) is 2.97. The van der Waals surface area contributed by atoms with E-state index in [1.165, 1.54) is 0 Å². The van der Waals surface area contributed by atoms with E-state index in [9.17, 15) is 4.79 Å². The first kappa shape index (κ1) is 13.2. The second-order valence-electron chi connectivity index (χ2n) is 3.73. The maximum absolute atomic E-state index is 11.7. The van der Waals surface area contributed by atoms with Crippen LogP contribution in [0.2, 0.25) is 0 Å². The van der Waals surface area contributed by atoms with Gasteiger partial charge < -0.3 is 10.2 Å². The molecule has 16 heavy (non-hydrogen) atoms. The monoisotopic (exact) mass is 284 g/mol. The quantitative estimate of drug-likeness (QED) is 0.897. The molecule has 0 spiro atoms. The Kier molecular flexibility index (Phi) is 5.49. The zero-order valence-electron chi connectivity index (χ0n) is 9.66. The molecule has 0 saturated heterocycles. The predicted octanol–water partition coefficient (Wildman–Crippen LogP) is 2.02. The zero-order valence-corrected chi connectivity index (χ0v) is 11.3. The predicted molar refractivity (Wildman–Crippen MR) is 69.2 cm³/mol. The van der Waals surface area contributed by atoms with Crippen molar-refractivity contribution in [1.82, 2.24) is 10.2 Å². The average molecular weight is 285 g/mol. The Balaban J connectivity index is 2.50. The molecule has 0 aromatic heterocycles. The van der Waals surface area contributed by atoms with Crippen molar-refractivity contribution in [3.8, 4) is 0 Å². The van der Waals surface area contributed by atoms with Crippen LogP contribution in [0.4, 0.5) is 0 Å². The molecule has 0 fully saturated rings. The summed E-state index contributed by atoms with van der Waals surface area (Å²) in [7, 11) is 3.68. The van der Waals surface area contributed by atoms with Crippen molar-refractivity contribution in [2.24, 2.45) is 0 Å². The Bertz CT molecular complexity index is 355. The van der Waals surface area contributed by atoms with Gasteiger partial charge in [-0.2, -0.15) is 0 Å². The van der Waals surface area contributed by atoms with E-state index in [2.05, 4.69) is 21.2 Å². The molecule has 4 heteroatoms. The molecule has 0 saturated carbocycles. The van der Waals surface area contributed by atoms with Crippen LogP contribution in [0.25, 0.3) is 0 Å². The van der Waals surface area contributed by atoms with Gasteiger partial charge in [0.05, 0.1) is 0 Å². The van der Waals surface area contributed by atoms with Gasteiger partial charge >= 0.3 is 0 Å². The number of hydrogen-bond acceptors (Lipinski definition) is 2. The lowest BCUT2D eigenvalue weighted by atomic mass is 10.2. The van der Waals surface area contributed by atoms with Gasteiger partial charge in [0, 0.05) is 31.0 Å². The van der Waals surface area contributed by atoms with E-state index in [1.54, 1.807) is 4.90 Å². The van der Waals surface area contributed by atoms with Crippen molar-refractivity contribution >= 4 is 21.8 Å². The Morgan fingerprint density at radius 2 is 2.25 bits per heavy atom. The van der Waals surface area contributed by atoms with E-state index >= 15 is 0 Å². The summed E-state index contributed by atoms with van der Waals surface area (Å²) in [4.78, 5) is 13.4. The highest BCUT2D eigenvalue weighted by atomic mass is 79.9. The topological polar surface area (TPSA) is 32.3 Å². The summed E-state index contributed by atoms with van der Waals surface area (Å²) >= 11 is 3.42. The van der Waals surface area contributed by atoms with Crippen LogP contribution in [0, 0.1) is 0 Å². The summed E-state index contributed by atoms with van der Waals surface area (Å²) in [5.74, 6) is 0.161. The van der Waals surface area contributed by atoms with Crippen LogP contribution in [-0.2, 0) is 11.3 Å². The van der Waals surface area contributed by atoms with Gasteiger partial charge in [0.25, 0.3) is 0 Å². The number of rotatable bonds is 5. The first-order valence-electron chi connectivity index (χ1n) is 5.26. The second-order valence-corrected chi connectivity index (χ2v) is 4.65. The van der Waals surface area contributed by atoms with E-state index in [-0.39, 0.29) is 5.91 Å². The molecule has 1 amide bonds. The highest BCUT2D eigenvalue weighted by molar-refractivity contribution is 9.10. The molecule has 0 aliphatic rings. The van der Waals surface area contributed by atoms with E-state index in [1.807, 2.05) is 38.4 Å². The van der Waals surface area contributed by atoms with Gasteiger partial charge in [0.1, 0.15) is 0 Å². The number of nitrogens with zero attached hydrogens (tertiary/aromatic N) is 1. The normalized spacial score (nSPS) is 10.2. The van der Waals surface area contributed by atoms with Crippen LogP contribution in [0.1, 0.15) is 12.0 Å². The van der Waals surface area contributed by atoms with E-state index in [4.69, 9.17) is 0 Å². The van der Waals surface area contributed by atoms with Crippen molar-refractivity contribution in [1.29, 1.82) is 0 Å². The minimum atomic E-state index is 0.161. The fourth-order valence-corrected chi connectivity index (χ4v) is 1.87. The number of halogens is 1. The van der Waals surface area contributed by atoms with Gasteiger partial charge in [-0.25, -0.2) is 0 Å². The zero-order chi connectivity index (χ0) is 12.0. The molecule has 0 atom stereocenters. The fourth-order valence-electron chi connectivity index (χ4n) is 1.42. The summed E-state index contributed by atoms with van der Waals surface area (Å²) in [6.07, 6.45) is 0.543. The van der Waals surface area contributed by atoms with Crippen molar-refractivity contribution in [2.45, 2.75) is 13.0 Å². The molecule has 0 unspecified atom stereocenters. The molecular weight excluding hydrogens is 268 g/mol. The molecule has 3 nitrogen and oxygen atoms in total. The number of hydrogen-bond donors (Lipinski definition) is 1. The van der Waals surface area contributed by atoms with E-state index in [0.29, 0.717) is 13.0 Å². The van der Waals surface area contributed by atoms with E-state index < -0.39 is 0 Å². The molecule has 0 aliphatic heterocycles. The summed E-state index contributed by atoms with van der Waals surface area (Å²) in [6.45, 7) is 1.38. The van der Waals surface area contributed by atoms with Crippen LogP contribution in [-0.4, -0.2) is 31.4 Å². The maximum atomic E-state index is 11.7. The average Bonchev–Trinajstić information content (AvgIpc) is 2.25. The summed E-state index contributed by atoms with van der Waals surface area (Å²) in [5.41, 5.74) is 1.13. The Morgan fingerprint density at radius 1 is 1.50 bits per heavy atom. The van der Waals surface area contributed by atoms with Gasteiger partial charge in [-0.15, -0.1) is 0 Å². The van der Waals surface area contributed by atoms with Crippen molar-refractivity contribution in [3.05, 3.63) is 34.3 Å². The van der Waals surface area contributed by atoms with Gasteiger partial charge in [-0.3, -0.25) is 4.79 Å². The van der Waals surface area contributed by atoms with Crippen molar-refractivity contribution in [2.75, 3.05) is 20.6 Å². The van der Waals surface area contributed by atoms with Crippen LogP contribution in [0.5, 0.6) is 0 Å². The van der Waals surface area contributed by atoms with Crippen LogP contribution in [0.3, 0.4) is 0 Å². The van der Waals surface area contributed by atoms with Crippen LogP contribution >= 0.6 is 15.9 Å². The molecule has 88 valence electrons. The molecule has 1 aromatic rings. The number of carbonyl (C=O) groups is 1. The lowest BCUT2D eigenvalue weighted by Crippen LogP contribution is -2.28. The lowest BCUT2D eigenvalue weighted by molar-refractivity contribution is -0.130. The van der Waals surface area contributed by atoms with Gasteiger partial charge in [-0.1, -0.05) is 28.1 Å². The third-order valence-electron chi connectivity index (χ3n) is 2.32. The number of carbonyl (C=O) groups excluding carboxylic acids is 1. The Hall–Kier alpha value is -0.870. The number of amides is 1. The van der Waals surface area contributed by atoms with Gasteiger partial charge in [0.2, 0.25) is 5.91 Å². The second kappa shape index (κ2) is 6.66. The molecular formula is C12H17BrN2O. The van der Waals surface area contributed by atoms with Crippen LogP contribution < -0.4 is 5.32 Å². The largest absolute Gasteiger partial charge is 0.341 e. The maximum Gasteiger partial charge on any atom is 0.223 e. The molecule has 1 N–H and O–H groups in total. The smallest absolute Gasteiger partial charge is 0.223 e. The SMILES string of the molecule is CNCCC(=O)N(C)Cc1cccc(Br)c1. The Morgan fingerprint density at radius 3 is 2.88 bits per heavy atom. The van der Waals surface area contributed by atoms with Gasteiger partial charge in [-0.05, 0) is 24.7 Å². The third kappa shape index (κ3) is 4.33. The third-order valence-corrected chi connectivity index (χ3v) is 2.82. The standard InChI is InChI=1S/C12H17BrN2O/c1-14-7-6-12(16)15(2)9-10-4-3-5-11(13)8-10/h3-5,8,14H,6-7,9H2,1-2H3. The number of nitrogens with one attached hydrogen (secondary N) is 1. The highest BCUT2D eigenvalue weighted by Gasteiger charge is 2.08. The van der Waals surface area contributed by atoms with Crippen molar-refractivity contribution in [3.63, 3.8) is 0 Å². The molecule has 0 aliphatic carbocycles. The Labute approximate surface area is 105 Å². The van der Waals surface area contributed by atoms with Crippen molar-refractivity contribution < 1.29 is 4.79 Å². The first-order valence-corrected chi connectivity index (χ1v) is 6.06. The first-order chi connectivity index (χ1) is 7.63. The van der Waals surface area contributed by atoms with Gasteiger partial charge in [0.15, 0.2) is 0 Å². The number of benzene rings is 1. The fraction of sp³-hybridized carbons (Fsp3) is 0.417. The molecule has 0 radical (unpaired) electrons. The van der Waals surface area contributed by atoms with E-state index in [0.717, 1.165) is 16.6 Å². The lowest BCUT2D eigenvalue weighted by Gasteiger charge is -2.17. The molecule has 0 heterocycles. The highest BCUT2D eigenvalue weighted by Crippen LogP contribution is 2.13. The molecule has 1 aromatic carbocycles. The summed E-state index contributed by atoms with van der Waals surface area (Å²) in [6, 6.07) is 8.01. The minimum Gasteiger partial charge on any atom is -0.341 e. The van der Waals surface area contributed by atoms with Crippen LogP contribution in [0.15, 0.2) is 28.7 Å². The summed E-state index contributed by atoms with van der Waals surface area (Å²) < 4.78 is 1.04. The minimum absolute atomic E-state index is 0.161. The molecule has 0 bridgehead atoms.